The second-order valence-corrected chi connectivity index (χ2v) is 6.06. The molecule has 2 N–H and O–H groups in total. The zero-order chi connectivity index (χ0) is 20.7. The van der Waals surface area contributed by atoms with Crippen molar-refractivity contribution < 1.29 is 32.4 Å². The molecular weight excluding hydrogens is 381 g/mol. The van der Waals surface area contributed by atoms with Crippen LogP contribution in [0.25, 0.3) is 0 Å². The lowest BCUT2D eigenvalue weighted by Crippen LogP contribution is -2.60. The first-order valence-corrected chi connectivity index (χ1v) is 8.61. The number of benzene rings is 1. The Bertz CT molecular complexity index is 699. The number of hydroxylamine groups is 2. The quantitative estimate of drug-likeness (QED) is 0.709. The molecule has 154 valence electrons. The first-order chi connectivity index (χ1) is 13.2. The third-order valence-electron chi connectivity index (χ3n) is 4.00. The molecule has 8 nitrogen and oxygen atoms in total. The summed E-state index contributed by atoms with van der Waals surface area (Å²) >= 11 is 0. The largest absolute Gasteiger partial charge is 0.397 e. The number of alkyl halides is 3. The van der Waals surface area contributed by atoms with E-state index in [1.54, 1.807) is 12.3 Å². The van der Waals surface area contributed by atoms with E-state index in [2.05, 4.69) is 0 Å². The minimum Gasteiger partial charge on any atom is -0.311 e. The molecule has 1 aromatic carbocycles. The molecule has 1 fully saturated rings. The predicted molar refractivity (Wildman–Crippen MR) is 91.1 cm³/mol. The number of amides is 4. The fraction of sp³-hybridized carbons (Fsp3) is 0.471. The summed E-state index contributed by atoms with van der Waals surface area (Å²) in [5, 5.41) is 1.14. The van der Waals surface area contributed by atoms with E-state index in [4.69, 9.17) is 4.84 Å². The molecule has 1 atom stereocenters. The van der Waals surface area contributed by atoms with Gasteiger partial charge in [0.15, 0.2) is 0 Å². The highest BCUT2D eigenvalue weighted by Crippen LogP contribution is 2.19. The van der Waals surface area contributed by atoms with E-state index in [9.17, 15) is 27.6 Å². The number of hydrogen-bond donors (Lipinski definition) is 2. The van der Waals surface area contributed by atoms with Crippen molar-refractivity contribution in [3.05, 3.63) is 35.9 Å². The molecule has 0 bridgehead atoms. The van der Waals surface area contributed by atoms with E-state index in [-0.39, 0.29) is 26.1 Å². The number of nitrogens with zero attached hydrogens (tertiary/aromatic N) is 2. The van der Waals surface area contributed by atoms with Crippen LogP contribution in [-0.4, -0.2) is 53.1 Å². The van der Waals surface area contributed by atoms with Crippen molar-refractivity contribution in [1.82, 2.24) is 20.8 Å². The van der Waals surface area contributed by atoms with Gasteiger partial charge in [-0.25, -0.2) is 9.86 Å². The van der Waals surface area contributed by atoms with E-state index in [1.807, 2.05) is 35.8 Å². The topological polar surface area (TPSA) is 91.0 Å². The summed E-state index contributed by atoms with van der Waals surface area (Å²) in [5.41, 5.74) is 4.52. The standard InChI is InChI=1S/C17H21F3N4O4/c1-2-23-13(15(26)22-21-14(25)10-17(18,19)20)8-9-24(16(23)27)28-11-12-6-4-3-5-7-12/h3-7,13H,2,8-11H2,1H3,(H,21,25)(H,22,26)/t13-/m0/s1. The van der Waals surface area contributed by atoms with Gasteiger partial charge in [0.25, 0.3) is 5.91 Å². The predicted octanol–water partition coefficient (Wildman–Crippen LogP) is 1.73. The van der Waals surface area contributed by atoms with Crippen molar-refractivity contribution >= 4 is 17.8 Å². The van der Waals surface area contributed by atoms with Gasteiger partial charge in [-0.15, -0.1) is 0 Å². The van der Waals surface area contributed by atoms with E-state index in [0.29, 0.717) is 0 Å². The van der Waals surface area contributed by atoms with Gasteiger partial charge in [-0.05, 0) is 18.9 Å². The van der Waals surface area contributed by atoms with E-state index in [0.717, 1.165) is 10.6 Å². The molecule has 0 saturated carbocycles. The molecule has 0 aliphatic carbocycles. The molecule has 2 rings (SSSR count). The van der Waals surface area contributed by atoms with Gasteiger partial charge in [-0.1, -0.05) is 30.3 Å². The summed E-state index contributed by atoms with van der Waals surface area (Å²) in [4.78, 5) is 42.6. The van der Waals surface area contributed by atoms with Crippen LogP contribution in [0.1, 0.15) is 25.3 Å². The second-order valence-electron chi connectivity index (χ2n) is 6.06. The number of nitrogens with one attached hydrogen (secondary N) is 2. The van der Waals surface area contributed by atoms with Gasteiger partial charge in [-0.2, -0.15) is 13.2 Å². The normalized spacial score (nSPS) is 17.4. The van der Waals surface area contributed by atoms with Crippen molar-refractivity contribution in [2.75, 3.05) is 13.1 Å². The van der Waals surface area contributed by atoms with Gasteiger partial charge in [0.1, 0.15) is 19.1 Å². The Hall–Kier alpha value is -2.82. The Morgan fingerprint density at radius 1 is 1.21 bits per heavy atom. The summed E-state index contributed by atoms with van der Waals surface area (Å²) in [5.74, 6) is -2.16. The average Bonchev–Trinajstić information content (AvgIpc) is 2.64. The molecule has 1 aliphatic heterocycles. The van der Waals surface area contributed by atoms with Crippen LogP contribution in [0, 0.1) is 0 Å². The van der Waals surface area contributed by atoms with E-state index in [1.165, 1.54) is 4.90 Å². The molecule has 0 aromatic heterocycles. The Balaban J connectivity index is 1.88. The first-order valence-electron chi connectivity index (χ1n) is 8.61. The van der Waals surface area contributed by atoms with Gasteiger partial charge in [-0.3, -0.25) is 25.3 Å². The third kappa shape index (κ3) is 6.12. The van der Waals surface area contributed by atoms with E-state index < -0.39 is 36.5 Å². The molecular formula is C17H21F3N4O4. The maximum Gasteiger partial charge on any atom is 0.397 e. The summed E-state index contributed by atoms with van der Waals surface area (Å²) < 4.78 is 36.4. The van der Waals surface area contributed by atoms with Gasteiger partial charge in [0.2, 0.25) is 5.91 Å². The number of halogens is 3. The third-order valence-corrected chi connectivity index (χ3v) is 4.00. The van der Waals surface area contributed by atoms with Crippen LogP contribution >= 0.6 is 0 Å². The smallest absolute Gasteiger partial charge is 0.311 e. The summed E-state index contributed by atoms with van der Waals surface area (Å²) in [6.07, 6.45) is -6.20. The van der Waals surface area contributed by atoms with Gasteiger partial charge < -0.3 is 4.90 Å². The Labute approximate surface area is 159 Å². The molecule has 0 unspecified atom stereocenters. The van der Waals surface area contributed by atoms with Crippen LogP contribution in [-0.2, 0) is 21.0 Å². The van der Waals surface area contributed by atoms with Crippen molar-refractivity contribution in [3.8, 4) is 0 Å². The zero-order valence-electron chi connectivity index (χ0n) is 15.2. The lowest BCUT2D eigenvalue weighted by molar-refractivity contribution is -0.160. The van der Waals surface area contributed by atoms with Crippen molar-refractivity contribution in [2.24, 2.45) is 0 Å². The van der Waals surface area contributed by atoms with Crippen LogP contribution < -0.4 is 10.9 Å². The Morgan fingerprint density at radius 2 is 1.89 bits per heavy atom. The molecule has 0 spiro atoms. The number of carbonyl (C=O) groups is 3. The summed E-state index contributed by atoms with van der Waals surface area (Å²) in [6, 6.07) is 7.74. The minimum absolute atomic E-state index is 0.122. The highest BCUT2D eigenvalue weighted by molar-refractivity contribution is 5.89. The van der Waals surface area contributed by atoms with Crippen molar-refractivity contribution in [3.63, 3.8) is 0 Å². The van der Waals surface area contributed by atoms with Crippen molar-refractivity contribution in [1.29, 1.82) is 0 Å². The highest BCUT2D eigenvalue weighted by atomic mass is 19.4. The fourth-order valence-electron chi connectivity index (χ4n) is 2.68. The molecule has 1 aliphatic rings. The molecule has 4 amide bonds. The summed E-state index contributed by atoms with van der Waals surface area (Å²) in [6.45, 7) is 2.13. The first kappa shape index (κ1) is 21.5. The fourth-order valence-corrected chi connectivity index (χ4v) is 2.68. The molecule has 1 saturated heterocycles. The SMILES string of the molecule is CCN1C(=O)N(OCc2ccccc2)CC[C@H]1C(=O)NNC(=O)CC(F)(F)F. The van der Waals surface area contributed by atoms with E-state index >= 15 is 0 Å². The van der Waals surface area contributed by atoms with Gasteiger partial charge >= 0.3 is 12.2 Å². The van der Waals surface area contributed by atoms with Crippen LogP contribution in [0.4, 0.5) is 18.0 Å². The van der Waals surface area contributed by atoms with Crippen LogP contribution in [0.2, 0.25) is 0 Å². The lowest BCUT2D eigenvalue weighted by Gasteiger charge is -2.39. The van der Waals surface area contributed by atoms with Crippen LogP contribution in [0.3, 0.4) is 0 Å². The Kier molecular flexibility index (Phi) is 7.21. The molecule has 28 heavy (non-hydrogen) atoms. The molecule has 1 heterocycles. The molecule has 0 radical (unpaired) electrons. The zero-order valence-corrected chi connectivity index (χ0v) is 15.2. The van der Waals surface area contributed by atoms with Crippen LogP contribution in [0.5, 0.6) is 0 Å². The second kappa shape index (κ2) is 9.40. The highest BCUT2D eigenvalue weighted by Gasteiger charge is 2.38. The average molecular weight is 402 g/mol. The number of urea groups is 1. The van der Waals surface area contributed by atoms with Gasteiger partial charge in [0, 0.05) is 6.54 Å². The molecule has 1 aromatic rings. The minimum atomic E-state index is -4.68. The maximum atomic E-state index is 12.5. The van der Waals surface area contributed by atoms with Crippen molar-refractivity contribution in [2.45, 2.75) is 38.6 Å². The van der Waals surface area contributed by atoms with Crippen LogP contribution in [0.15, 0.2) is 30.3 Å². The number of carbonyl (C=O) groups excluding carboxylic acids is 3. The number of rotatable bonds is 6. The number of likely N-dealkylation sites (N-methyl/N-ethyl adjacent to an activating group) is 1. The Morgan fingerprint density at radius 3 is 2.50 bits per heavy atom. The number of hydrazine groups is 1. The van der Waals surface area contributed by atoms with Gasteiger partial charge in [0.05, 0.1) is 6.54 Å². The lowest BCUT2D eigenvalue weighted by atomic mass is 10.1. The number of hydrogen-bond acceptors (Lipinski definition) is 4. The monoisotopic (exact) mass is 402 g/mol. The maximum absolute atomic E-state index is 12.5. The summed E-state index contributed by atoms with van der Waals surface area (Å²) in [7, 11) is 0. The molecule has 11 heteroatoms.